The molecule has 0 aliphatic heterocycles. The number of nitrogens with zero attached hydrogens (tertiary/aromatic N) is 3. The molecule has 0 saturated heterocycles. The zero-order valence-corrected chi connectivity index (χ0v) is 26.8. The molecule has 232 valence electrons. The number of carbonyl (C=O) groups excluding carboxylic acids is 1. The van der Waals surface area contributed by atoms with Crippen LogP contribution in [-0.4, -0.2) is 48.9 Å². The molecule has 0 N–H and O–H groups in total. The molecule has 3 aromatic rings. The van der Waals surface area contributed by atoms with Crippen molar-refractivity contribution in [3.63, 3.8) is 0 Å². The van der Waals surface area contributed by atoms with Crippen LogP contribution in [-0.2, 0) is 27.2 Å². The van der Waals surface area contributed by atoms with Crippen LogP contribution in [0.5, 0.6) is 5.75 Å². The zero-order chi connectivity index (χ0) is 32.1. The minimum atomic E-state index is -4.68. The number of pyridine rings is 1. The lowest BCUT2D eigenvalue weighted by molar-refractivity contribution is -0.152. The van der Waals surface area contributed by atoms with Crippen molar-refractivity contribution < 1.29 is 32.2 Å². The Morgan fingerprint density at radius 2 is 1.75 bits per heavy atom. The van der Waals surface area contributed by atoms with Crippen molar-refractivity contribution in [3.05, 3.63) is 84.4 Å². The second-order valence-corrected chi connectivity index (χ2v) is 17.9. The molecule has 0 amide bonds. The molecule has 0 unspecified atom stereocenters. The van der Waals surface area contributed by atoms with Gasteiger partial charge in [0.25, 0.3) is 0 Å². The molecule has 1 aliphatic rings. The quantitative estimate of drug-likeness (QED) is 0.0885. The molecule has 44 heavy (non-hydrogen) atoms. The predicted octanol–water partition coefficient (Wildman–Crippen LogP) is 7.83. The molecule has 2 aromatic heterocycles. The maximum absolute atomic E-state index is 14.3. The van der Waals surface area contributed by atoms with E-state index in [-0.39, 0.29) is 30.8 Å². The average molecular weight is 625 g/mol. The summed E-state index contributed by atoms with van der Waals surface area (Å²) in [4.78, 5) is 20.5. The van der Waals surface area contributed by atoms with Gasteiger partial charge in [0.2, 0.25) is 0 Å². The Hall–Kier alpha value is -4.05. The summed E-state index contributed by atoms with van der Waals surface area (Å²) in [5, 5.41) is 0. The van der Waals surface area contributed by atoms with Gasteiger partial charge in [-0.25, -0.2) is 4.98 Å². The maximum Gasteiger partial charge on any atom is 0.435 e. The summed E-state index contributed by atoms with van der Waals surface area (Å²) in [6.07, 6.45) is 6.01. The Balaban J connectivity index is 1.63. The number of esters is 1. The van der Waals surface area contributed by atoms with E-state index in [1.54, 1.807) is 62.4 Å². The molecule has 0 spiro atoms. The number of benzene rings is 1. The summed E-state index contributed by atoms with van der Waals surface area (Å²) in [7, 11) is -0.0701. The first kappa shape index (κ1) is 32.9. The number of hydrogen-bond donors (Lipinski definition) is 0. The molecular formula is C33H37F3N3O4Si+. The van der Waals surface area contributed by atoms with Crippen LogP contribution in [0.3, 0.4) is 0 Å². The van der Waals surface area contributed by atoms with Gasteiger partial charge in [-0.1, -0.05) is 19.6 Å². The average Bonchev–Trinajstić information content (AvgIpc) is 3.38. The topological polar surface area (TPSA) is 75.5 Å². The van der Waals surface area contributed by atoms with Crippen molar-refractivity contribution in [2.75, 3.05) is 20.3 Å². The number of halogens is 3. The van der Waals surface area contributed by atoms with Crippen LogP contribution in [0.15, 0.2) is 66.9 Å². The van der Waals surface area contributed by atoms with E-state index in [0.29, 0.717) is 29.2 Å². The van der Waals surface area contributed by atoms with Gasteiger partial charge < -0.3 is 14.2 Å². The highest BCUT2D eigenvalue weighted by atomic mass is 28.3. The minimum absolute atomic E-state index is 0.0652. The van der Waals surface area contributed by atoms with Gasteiger partial charge in [-0.15, -0.1) is 0 Å². The van der Waals surface area contributed by atoms with Gasteiger partial charge in [-0.3, -0.25) is 14.3 Å². The molecule has 1 aliphatic carbocycles. The van der Waals surface area contributed by atoms with E-state index in [0.717, 1.165) is 11.6 Å². The van der Waals surface area contributed by atoms with Crippen molar-refractivity contribution in [2.24, 2.45) is 5.41 Å². The fourth-order valence-electron chi connectivity index (χ4n) is 4.39. The normalized spacial score (nSPS) is 13.4. The molecule has 0 fully saturated rings. The van der Waals surface area contributed by atoms with Crippen LogP contribution in [0, 0.1) is 11.5 Å². The summed E-state index contributed by atoms with van der Waals surface area (Å²) in [6, 6.07) is 11.5. The second kappa shape index (κ2) is 13.3. The molecular weight excluding hydrogens is 587 g/mol. The first-order chi connectivity index (χ1) is 20.7. The standard InChI is InChI=1S/C33H37F3N3O4Si/c1-32(2,31(40)41-3)21-43-26-15-12-23(13-16-26)27-17-14-25(20-37-27)30-38-29(33(34,35)36)28(24-10-8-7-9-11-24)39(30)22-42-18-19-44(4,5)6/h8-17,20H,18-19,21-22H2,1-6H3/q+1. The van der Waals surface area contributed by atoms with E-state index in [1.165, 1.54) is 17.9 Å². The number of carbonyl (C=O) groups is 1. The number of allylic oxidation sites excluding steroid dienone is 6. The van der Waals surface area contributed by atoms with Gasteiger partial charge in [0.15, 0.2) is 5.69 Å². The lowest BCUT2D eigenvalue weighted by Crippen LogP contribution is -2.32. The van der Waals surface area contributed by atoms with E-state index in [4.69, 9.17) is 14.2 Å². The van der Waals surface area contributed by atoms with Gasteiger partial charge in [-0.05, 0) is 56.3 Å². The van der Waals surface area contributed by atoms with Crippen LogP contribution >= 0.6 is 0 Å². The third-order valence-corrected chi connectivity index (χ3v) is 8.66. The molecule has 0 atom stereocenters. The zero-order valence-electron chi connectivity index (χ0n) is 25.8. The Bertz CT molecular complexity index is 1550. The number of rotatable bonds is 12. The van der Waals surface area contributed by atoms with Gasteiger partial charge in [0, 0.05) is 38.1 Å². The van der Waals surface area contributed by atoms with Crippen LogP contribution < -0.4 is 4.74 Å². The first-order valence-corrected chi connectivity index (χ1v) is 17.9. The molecule has 0 radical (unpaired) electrons. The molecule has 7 nitrogen and oxygen atoms in total. The molecule has 11 heteroatoms. The molecule has 0 saturated carbocycles. The monoisotopic (exact) mass is 624 g/mol. The summed E-state index contributed by atoms with van der Waals surface area (Å²) in [5.41, 5.74) is 0.339. The smallest absolute Gasteiger partial charge is 0.435 e. The summed E-state index contributed by atoms with van der Waals surface area (Å²) in [5.74, 6) is 0.322. The number of imidazole rings is 1. The third kappa shape index (κ3) is 8.10. The number of methoxy groups -OCH3 is 1. The van der Waals surface area contributed by atoms with Gasteiger partial charge in [-0.2, -0.15) is 13.2 Å². The molecule has 2 heterocycles. The van der Waals surface area contributed by atoms with E-state index in [1.807, 2.05) is 12.1 Å². The fourth-order valence-corrected chi connectivity index (χ4v) is 5.14. The number of ether oxygens (including phenoxy) is 3. The van der Waals surface area contributed by atoms with Crippen molar-refractivity contribution in [1.29, 1.82) is 0 Å². The lowest BCUT2D eigenvalue weighted by atomic mass is 9.95. The summed E-state index contributed by atoms with van der Waals surface area (Å²) in [6.45, 7) is 10.6. The Morgan fingerprint density at radius 1 is 1.05 bits per heavy atom. The lowest BCUT2D eigenvalue weighted by Gasteiger charge is -2.21. The van der Waals surface area contributed by atoms with Crippen molar-refractivity contribution in [2.45, 2.75) is 52.4 Å². The second-order valence-electron chi connectivity index (χ2n) is 12.3. The largest absolute Gasteiger partial charge is 0.492 e. The van der Waals surface area contributed by atoms with E-state index in [2.05, 4.69) is 35.7 Å². The SMILES string of the molecule is COC(=O)C(C)(C)COc1ccc(-c2ccc(-c3nc(C(F)(F)F)c(C4=CC=[C+]C=C4)n3COCC[Si](C)(C)C)cn2)cc1. The van der Waals surface area contributed by atoms with Crippen molar-refractivity contribution in [3.8, 4) is 28.4 Å². The van der Waals surface area contributed by atoms with Crippen LogP contribution in [0.4, 0.5) is 13.2 Å². The highest BCUT2D eigenvalue weighted by molar-refractivity contribution is 6.76. The van der Waals surface area contributed by atoms with Crippen LogP contribution in [0.25, 0.3) is 28.2 Å². The van der Waals surface area contributed by atoms with E-state index in [9.17, 15) is 18.0 Å². The first-order valence-electron chi connectivity index (χ1n) is 14.2. The van der Waals surface area contributed by atoms with Crippen molar-refractivity contribution in [1.82, 2.24) is 14.5 Å². The molecule has 1 aromatic carbocycles. The predicted molar refractivity (Wildman–Crippen MR) is 166 cm³/mol. The Labute approximate surface area is 257 Å². The Kier molecular flexibility index (Phi) is 9.93. The van der Waals surface area contributed by atoms with Gasteiger partial charge in [0.05, 0.1) is 30.4 Å². The Morgan fingerprint density at radius 3 is 2.32 bits per heavy atom. The summed E-state index contributed by atoms with van der Waals surface area (Å²) < 4.78 is 60.9. The van der Waals surface area contributed by atoms with E-state index >= 15 is 0 Å². The van der Waals surface area contributed by atoms with Gasteiger partial charge in [0.1, 0.15) is 48.3 Å². The van der Waals surface area contributed by atoms with Crippen LogP contribution in [0.1, 0.15) is 25.2 Å². The van der Waals surface area contributed by atoms with Crippen molar-refractivity contribution >= 4 is 19.6 Å². The van der Waals surface area contributed by atoms with Gasteiger partial charge >= 0.3 is 12.1 Å². The number of hydrogen-bond acceptors (Lipinski definition) is 6. The summed E-state index contributed by atoms with van der Waals surface area (Å²) >= 11 is 0. The molecule has 0 bridgehead atoms. The third-order valence-electron chi connectivity index (χ3n) is 6.95. The minimum Gasteiger partial charge on any atom is -0.492 e. The molecule has 4 rings (SSSR count). The highest BCUT2D eigenvalue weighted by Crippen LogP contribution is 2.39. The highest BCUT2D eigenvalue weighted by Gasteiger charge is 2.41. The maximum atomic E-state index is 14.3. The number of alkyl halides is 3. The fraction of sp³-hybridized carbons (Fsp3) is 0.364. The number of aromatic nitrogens is 3. The van der Waals surface area contributed by atoms with E-state index < -0.39 is 25.4 Å². The van der Waals surface area contributed by atoms with Crippen LogP contribution in [0.2, 0.25) is 25.7 Å².